The first-order valence-electron chi connectivity index (χ1n) is 13.7. The maximum Gasteiger partial charge on any atom is 0.471 e. The maximum atomic E-state index is 13.8. The largest absolute Gasteiger partial charge is 0.471 e. The second kappa shape index (κ2) is 9.80. The SMILES string of the molecule is [2H][C@H]1[C@H]([2H])[C@@H]2C[C@H]1[C@H]1[C@@H]2CN(C(=O)[C@@H](NC(=O)C(F)(F)F)C(C)(C)C)[C@@H]1C(=O)N[C@H](C#N)C[C@@H]1CCNC1=O. The molecule has 12 heteroatoms. The van der Waals surface area contributed by atoms with Gasteiger partial charge in [0.05, 0.1) is 6.07 Å². The van der Waals surface area contributed by atoms with Gasteiger partial charge in [-0.15, -0.1) is 0 Å². The van der Waals surface area contributed by atoms with Crippen LogP contribution < -0.4 is 16.0 Å². The van der Waals surface area contributed by atoms with Crippen LogP contribution in [0.25, 0.3) is 0 Å². The van der Waals surface area contributed by atoms with E-state index >= 15 is 0 Å². The molecule has 0 aromatic rings. The molecular formula is C25H34F3N5O4. The van der Waals surface area contributed by atoms with E-state index in [2.05, 4.69) is 10.6 Å². The van der Waals surface area contributed by atoms with Crippen LogP contribution >= 0.6 is 0 Å². The van der Waals surface area contributed by atoms with Crippen LogP contribution in [0.3, 0.4) is 0 Å². The Labute approximate surface area is 216 Å². The molecule has 0 spiro atoms. The third-order valence-corrected chi connectivity index (χ3v) is 8.15. The Morgan fingerprint density at radius 3 is 2.46 bits per heavy atom. The number of fused-ring (bicyclic) bond motifs is 5. The molecule has 9 nitrogen and oxygen atoms in total. The quantitative estimate of drug-likeness (QED) is 0.482. The zero-order valence-electron chi connectivity index (χ0n) is 23.0. The molecule has 4 fully saturated rings. The van der Waals surface area contributed by atoms with Crippen molar-refractivity contribution in [3.8, 4) is 6.07 Å². The Morgan fingerprint density at radius 2 is 1.89 bits per heavy atom. The van der Waals surface area contributed by atoms with Gasteiger partial charge in [-0.3, -0.25) is 19.2 Å². The number of halogens is 3. The minimum absolute atomic E-state index is 0.00156. The van der Waals surface area contributed by atoms with E-state index in [0.717, 1.165) is 0 Å². The van der Waals surface area contributed by atoms with E-state index in [1.807, 2.05) is 6.07 Å². The number of nitriles is 1. The van der Waals surface area contributed by atoms with E-state index in [9.17, 15) is 37.6 Å². The van der Waals surface area contributed by atoms with Gasteiger partial charge in [0.25, 0.3) is 0 Å². The predicted octanol–water partition coefficient (Wildman–Crippen LogP) is 1.49. The number of carbonyl (C=O) groups is 4. The second-order valence-corrected chi connectivity index (χ2v) is 11.6. The summed E-state index contributed by atoms with van der Waals surface area (Å²) in [5.74, 6) is -5.92. The number of hydrogen-bond donors (Lipinski definition) is 3. The van der Waals surface area contributed by atoms with Gasteiger partial charge in [0.2, 0.25) is 17.7 Å². The Bertz CT molecular complexity index is 1080. The van der Waals surface area contributed by atoms with E-state index in [1.165, 1.54) is 25.7 Å². The number of nitrogens with one attached hydrogen (secondary N) is 3. The first-order chi connectivity index (χ1) is 18.1. The molecule has 4 aliphatic rings. The lowest BCUT2D eigenvalue weighted by Gasteiger charge is -2.37. The first-order valence-corrected chi connectivity index (χ1v) is 12.6. The van der Waals surface area contributed by atoms with Crippen LogP contribution in [-0.2, 0) is 19.2 Å². The van der Waals surface area contributed by atoms with Gasteiger partial charge < -0.3 is 20.9 Å². The number of hydrogen-bond acceptors (Lipinski definition) is 5. The molecule has 2 aliphatic carbocycles. The van der Waals surface area contributed by atoms with Crippen LogP contribution in [-0.4, -0.2) is 65.9 Å². The summed E-state index contributed by atoms with van der Waals surface area (Å²) in [7, 11) is 0. The van der Waals surface area contributed by atoms with E-state index in [1.54, 1.807) is 5.32 Å². The van der Waals surface area contributed by atoms with Crippen molar-refractivity contribution in [2.75, 3.05) is 13.1 Å². The summed E-state index contributed by atoms with van der Waals surface area (Å²) in [6.07, 6.45) is -5.58. The van der Waals surface area contributed by atoms with E-state index in [4.69, 9.17) is 2.74 Å². The van der Waals surface area contributed by atoms with Gasteiger partial charge in [-0.2, -0.15) is 18.4 Å². The van der Waals surface area contributed by atoms with Crippen LogP contribution in [0.15, 0.2) is 0 Å². The molecule has 0 aromatic carbocycles. The van der Waals surface area contributed by atoms with Crippen LogP contribution in [0.1, 0.15) is 55.6 Å². The number of alkyl halides is 3. The van der Waals surface area contributed by atoms with Gasteiger partial charge >= 0.3 is 12.1 Å². The third kappa shape index (κ3) is 5.27. The Kier molecular flexibility index (Phi) is 6.49. The summed E-state index contributed by atoms with van der Waals surface area (Å²) in [4.78, 5) is 52.5. The summed E-state index contributed by atoms with van der Waals surface area (Å²) >= 11 is 0. The highest BCUT2D eigenvalue weighted by Crippen LogP contribution is 2.57. The van der Waals surface area contributed by atoms with E-state index < -0.39 is 72.1 Å². The highest BCUT2D eigenvalue weighted by molar-refractivity contribution is 5.94. The van der Waals surface area contributed by atoms with Crippen molar-refractivity contribution in [3.05, 3.63) is 0 Å². The van der Waals surface area contributed by atoms with E-state index in [0.29, 0.717) is 19.4 Å². The zero-order chi connectivity index (χ0) is 29.0. The summed E-state index contributed by atoms with van der Waals surface area (Å²) in [6, 6.07) is -1.85. The second-order valence-electron chi connectivity index (χ2n) is 11.6. The van der Waals surface area contributed by atoms with Crippen LogP contribution in [0.5, 0.6) is 0 Å². The molecule has 2 aliphatic heterocycles. The molecule has 0 unspecified atom stereocenters. The lowest BCUT2D eigenvalue weighted by Crippen LogP contribution is -2.60. The Morgan fingerprint density at radius 1 is 1.22 bits per heavy atom. The Balaban J connectivity index is 1.62. The normalized spacial score (nSPS) is 37.1. The topological polar surface area (TPSA) is 131 Å². The first kappa shape index (κ1) is 24.5. The average Bonchev–Trinajstić information content (AvgIpc) is 3.58. The Hall–Kier alpha value is -2.84. The fourth-order valence-corrected chi connectivity index (χ4v) is 6.36. The average molecular weight is 528 g/mol. The lowest BCUT2D eigenvalue weighted by atomic mass is 9.78. The fourth-order valence-electron chi connectivity index (χ4n) is 6.36. The molecule has 204 valence electrons. The van der Waals surface area contributed by atoms with Gasteiger partial charge in [-0.1, -0.05) is 20.8 Å². The van der Waals surface area contributed by atoms with Gasteiger partial charge in [0, 0.05) is 21.7 Å². The monoisotopic (exact) mass is 527 g/mol. The highest BCUT2D eigenvalue weighted by Gasteiger charge is 2.60. The summed E-state index contributed by atoms with van der Waals surface area (Å²) < 4.78 is 56.2. The van der Waals surface area contributed by atoms with Crippen molar-refractivity contribution in [2.45, 2.75) is 77.1 Å². The number of carbonyl (C=O) groups excluding carboxylic acids is 4. The van der Waals surface area contributed by atoms with E-state index in [-0.39, 0.29) is 36.6 Å². The number of amides is 4. The molecule has 10 atom stereocenters. The minimum atomic E-state index is -5.22. The third-order valence-electron chi connectivity index (χ3n) is 8.15. The van der Waals surface area contributed by atoms with Crippen LogP contribution in [0, 0.1) is 46.3 Å². The van der Waals surface area contributed by atoms with Crippen molar-refractivity contribution in [1.29, 1.82) is 5.26 Å². The predicted molar refractivity (Wildman–Crippen MR) is 124 cm³/mol. The highest BCUT2D eigenvalue weighted by atomic mass is 19.4. The number of likely N-dealkylation sites (tertiary alicyclic amines) is 1. The van der Waals surface area contributed by atoms with Crippen LogP contribution in [0.4, 0.5) is 13.2 Å². The molecule has 3 N–H and O–H groups in total. The van der Waals surface area contributed by atoms with Crippen LogP contribution in [0.2, 0.25) is 0 Å². The van der Waals surface area contributed by atoms with Gasteiger partial charge in [-0.05, 0) is 61.1 Å². The zero-order valence-corrected chi connectivity index (χ0v) is 21.0. The minimum Gasteiger partial charge on any atom is -0.356 e. The standard InChI is InChI=1S/C25H34F3N5O4/c1-24(2,3)19(32-23(37)25(26,27)28)22(36)33-11-16-12-4-5-13(8-12)17(16)18(33)21(35)31-15(10-29)9-14-6-7-30-20(14)34/h12-19H,4-9,11H2,1-3H3,(H,30,34)(H,31,35)(H,32,37)/t12-,13+,14+,15+,16-,17+,18+,19-/m1/s1/i4D,5D/t4-,5-,12+,13-,14-,15-,16+,17-,18-,19+/m0. The summed E-state index contributed by atoms with van der Waals surface area (Å²) in [5.41, 5.74) is -1.14. The van der Waals surface area contributed by atoms with Crippen molar-refractivity contribution >= 4 is 23.6 Å². The van der Waals surface area contributed by atoms with Crippen molar-refractivity contribution in [3.63, 3.8) is 0 Å². The van der Waals surface area contributed by atoms with Crippen molar-refractivity contribution < 1.29 is 35.1 Å². The van der Waals surface area contributed by atoms with Gasteiger partial charge in [-0.25, -0.2) is 0 Å². The molecule has 2 bridgehead atoms. The summed E-state index contributed by atoms with van der Waals surface area (Å²) in [5, 5.41) is 16.8. The fraction of sp³-hybridized carbons (Fsp3) is 0.800. The molecule has 0 aromatic heterocycles. The summed E-state index contributed by atoms with van der Waals surface area (Å²) in [6.45, 7) is 4.96. The molecule has 0 radical (unpaired) electrons. The number of rotatable bonds is 6. The molecule has 2 heterocycles. The lowest BCUT2D eigenvalue weighted by molar-refractivity contribution is -0.176. The number of nitrogens with zero attached hydrogens (tertiary/aromatic N) is 2. The molecule has 2 saturated heterocycles. The van der Waals surface area contributed by atoms with Crippen molar-refractivity contribution in [2.24, 2.45) is 35.0 Å². The smallest absolute Gasteiger partial charge is 0.356 e. The molecule has 37 heavy (non-hydrogen) atoms. The van der Waals surface area contributed by atoms with Gasteiger partial charge in [0.1, 0.15) is 18.1 Å². The molecule has 4 rings (SSSR count). The molecular weight excluding hydrogens is 491 g/mol. The molecule has 4 amide bonds. The molecule has 2 saturated carbocycles. The maximum absolute atomic E-state index is 13.8. The van der Waals surface area contributed by atoms with Gasteiger partial charge in [0.15, 0.2) is 0 Å². The van der Waals surface area contributed by atoms with Crippen molar-refractivity contribution in [1.82, 2.24) is 20.9 Å².